The van der Waals surface area contributed by atoms with Gasteiger partial charge >= 0.3 is 0 Å². The zero-order valence-electron chi connectivity index (χ0n) is 9.04. The fourth-order valence-corrected chi connectivity index (χ4v) is 1.86. The molecule has 0 bridgehead atoms. The number of methoxy groups -OCH3 is 1. The Morgan fingerprint density at radius 1 is 1.38 bits per heavy atom. The fourth-order valence-electron chi connectivity index (χ4n) is 1.32. The van der Waals surface area contributed by atoms with Crippen LogP contribution in [-0.4, -0.2) is 31.5 Å². The molecule has 1 aromatic carbocycles. The van der Waals surface area contributed by atoms with Crippen molar-refractivity contribution in [2.45, 2.75) is 12.6 Å². The predicted molar refractivity (Wildman–Crippen MR) is 66.1 cm³/mol. The molecule has 0 radical (unpaired) electrons. The fraction of sp³-hybridized carbons (Fsp3) is 0.455. The second-order valence-corrected chi connectivity index (χ2v) is 4.23. The third-order valence-corrected chi connectivity index (χ3v) is 2.93. The first-order valence-electron chi connectivity index (χ1n) is 4.95. The van der Waals surface area contributed by atoms with Crippen LogP contribution in [0.5, 0.6) is 0 Å². The quantitative estimate of drug-likeness (QED) is 0.826. The summed E-state index contributed by atoms with van der Waals surface area (Å²) >= 11 is 12.0. The Morgan fingerprint density at radius 3 is 2.50 bits per heavy atom. The van der Waals surface area contributed by atoms with Crippen LogP contribution in [0, 0.1) is 0 Å². The maximum Gasteiger partial charge on any atom is 0.0638 e. The minimum absolute atomic E-state index is 0.00983. The van der Waals surface area contributed by atoms with E-state index >= 15 is 0 Å². The van der Waals surface area contributed by atoms with Crippen molar-refractivity contribution >= 4 is 23.2 Å². The highest BCUT2D eigenvalue weighted by Gasteiger charge is 2.09. The topological polar surface area (TPSA) is 41.5 Å². The Labute approximate surface area is 105 Å². The maximum absolute atomic E-state index is 9.07. The van der Waals surface area contributed by atoms with Gasteiger partial charge < -0.3 is 15.2 Å². The second-order valence-electron chi connectivity index (χ2n) is 3.42. The van der Waals surface area contributed by atoms with E-state index in [1.165, 1.54) is 0 Å². The van der Waals surface area contributed by atoms with E-state index in [0.717, 1.165) is 5.56 Å². The number of aliphatic hydroxyl groups excluding tert-OH is 1. The molecule has 1 unspecified atom stereocenters. The van der Waals surface area contributed by atoms with E-state index in [4.69, 9.17) is 33.0 Å². The van der Waals surface area contributed by atoms with E-state index in [2.05, 4.69) is 5.32 Å². The van der Waals surface area contributed by atoms with Crippen molar-refractivity contribution < 1.29 is 9.84 Å². The number of hydrogen-bond acceptors (Lipinski definition) is 3. The van der Waals surface area contributed by atoms with Crippen molar-refractivity contribution in [3.63, 3.8) is 0 Å². The third kappa shape index (κ3) is 3.92. The Balaban J connectivity index is 2.59. The molecule has 0 aliphatic heterocycles. The first-order chi connectivity index (χ1) is 7.69. The third-order valence-electron chi connectivity index (χ3n) is 2.22. The van der Waals surface area contributed by atoms with Gasteiger partial charge in [-0.2, -0.15) is 0 Å². The summed E-state index contributed by atoms with van der Waals surface area (Å²) in [5.41, 5.74) is 0.834. The SMILES string of the molecule is COCC(CO)NCc1c(Cl)cccc1Cl. The zero-order valence-corrected chi connectivity index (χ0v) is 10.6. The van der Waals surface area contributed by atoms with Crippen molar-refractivity contribution in [1.82, 2.24) is 5.32 Å². The molecule has 90 valence electrons. The van der Waals surface area contributed by atoms with Gasteiger partial charge in [-0.25, -0.2) is 0 Å². The van der Waals surface area contributed by atoms with Gasteiger partial charge in [0.1, 0.15) is 0 Å². The van der Waals surface area contributed by atoms with E-state index in [1.54, 1.807) is 25.3 Å². The van der Waals surface area contributed by atoms with Gasteiger partial charge in [-0.1, -0.05) is 29.3 Å². The number of benzene rings is 1. The zero-order chi connectivity index (χ0) is 12.0. The van der Waals surface area contributed by atoms with Gasteiger partial charge in [0.2, 0.25) is 0 Å². The average molecular weight is 264 g/mol. The minimum Gasteiger partial charge on any atom is -0.395 e. The van der Waals surface area contributed by atoms with Crippen molar-refractivity contribution in [3.8, 4) is 0 Å². The van der Waals surface area contributed by atoms with E-state index in [-0.39, 0.29) is 12.6 Å². The lowest BCUT2D eigenvalue weighted by atomic mass is 10.2. The lowest BCUT2D eigenvalue weighted by molar-refractivity contribution is 0.128. The summed E-state index contributed by atoms with van der Waals surface area (Å²) in [7, 11) is 1.59. The van der Waals surface area contributed by atoms with Gasteiger partial charge in [0.05, 0.1) is 19.3 Å². The van der Waals surface area contributed by atoms with Crippen LogP contribution in [0.2, 0.25) is 10.0 Å². The number of rotatable bonds is 6. The van der Waals surface area contributed by atoms with Crippen LogP contribution < -0.4 is 5.32 Å². The molecular formula is C11H15Cl2NO2. The standard InChI is InChI=1S/C11H15Cl2NO2/c1-16-7-8(6-15)14-5-9-10(12)3-2-4-11(9)13/h2-4,8,14-15H,5-7H2,1H3. The average Bonchev–Trinajstić information content (AvgIpc) is 2.27. The molecule has 16 heavy (non-hydrogen) atoms. The first kappa shape index (κ1) is 13.7. The molecule has 0 saturated heterocycles. The highest BCUT2D eigenvalue weighted by molar-refractivity contribution is 6.35. The highest BCUT2D eigenvalue weighted by atomic mass is 35.5. The van der Waals surface area contributed by atoms with Crippen molar-refractivity contribution in [2.75, 3.05) is 20.3 Å². The monoisotopic (exact) mass is 263 g/mol. The van der Waals surface area contributed by atoms with Crippen LogP contribution in [0.25, 0.3) is 0 Å². The molecule has 0 aromatic heterocycles. The van der Waals surface area contributed by atoms with E-state index in [0.29, 0.717) is 23.2 Å². The summed E-state index contributed by atoms with van der Waals surface area (Å²) in [5.74, 6) is 0. The highest BCUT2D eigenvalue weighted by Crippen LogP contribution is 2.23. The molecule has 3 nitrogen and oxygen atoms in total. The van der Waals surface area contributed by atoms with Gasteiger partial charge in [0, 0.05) is 29.3 Å². The van der Waals surface area contributed by atoms with Crippen LogP contribution in [0.15, 0.2) is 18.2 Å². The van der Waals surface area contributed by atoms with E-state index < -0.39 is 0 Å². The van der Waals surface area contributed by atoms with Crippen LogP contribution in [-0.2, 0) is 11.3 Å². The number of ether oxygens (including phenoxy) is 1. The van der Waals surface area contributed by atoms with Crippen molar-refractivity contribution in [3.05, 3.63) is 33.8 Å². The summed E-state index contributed by atoms with van der Waals surface area (Å²) in [6, 6.07) is 5.26. The molecule has 0 aliphatic carbocycles. The Hall–Kier alpha value is -0.320. The van der Waals surface area contributed by atoms with Crippen molar-refractivity contribution in [2.24, 2.45) is 0 Å². The number of aliphatic hydroxyl groups is 1. The molecule has 0 heterocycles. The van der Waals surface area contributed by atoms with Gasteiger partial charge in [-0.05, 0) is 12.1 Å². The summed E-state index contributed by atoms with van der Waals surface area (Å²) in [6.45, 7) is 0.960. The second kappa shape index (κ2) is 7.09. The van der Waals surface area contributed by atoms with Gasteiger partial charge in [-0.15, -0.1) is 0 Å². The smallest absolute Gasteiger partial charge is 0.0638 e. The van der Waals surface area contributed by atoms with Crippen molar-refractivity contribution in [1.29, 1.82) is 0 Å². The summed E-state index contributed by atoms with van der Waals surface area (Å²) in [5, 5.41) is 13.4. The minimum atomic E-state index is -0.114. The molecule has 2 N–H and O–H groups in total. The molecule has 5 heteroatoms. The summed E-state index contributed by atoms with van der Waals surface area (Å²) in [6.07, 6.45) is 0. The molecular weight excluding hydrogens is 249 g/mol. The van der Waals surface area contributed by atoms with E-state index in [1.807, 2.05) is 0 Å². The number of halogens is 2. The molecule has 1 rings (SSSR count). The van der Waals surface area contributed by atoms with Gasteiger partial charge in [-0.3, -0.25) is 0 Å². The molecule has 0 spiro atoms. The van der Waals surface area contributed by atoms with Crippen LogP contribution in [0.3, 0.4) is 0 Å². The number of hydrogen-bond donors (Lipinski definition) is 2. The Bertz CT molecular complexity index is 314. The molecule has 0 amide bonds. The lowest BCUT2D eigenvalue weighted by Crippen LogP contribution is -2.36. The lowest BCUT2D eigenvalue weighted by Gasteiger charge is -2.16. The normalized spacial score (nSPS) is 12.8. The molecule has 0 aliphatic rings. The van der Waals surface area contributed by atoms with Crippen LogP contribution in [0.1, 0.15) is 5.56 Å². The van der Waals surface area contributed by atoms with Gasteiger partial charge in [0.15, 0.2) is 0 Å². The van der Waals surface area contributed by atoms with Crippen LogP contribution in [0.4, 0.5) is 0 Å². The summed E-state index contributed by atoms with van der Waals surface area (Å²) < 4.78 is 4.96. The predicted octanol–water partition coefficient (Wildman–Crippen LogP) is 2.09. The molecule has 1 atom stereocenters. The number of nitrogens with one attached hydrogen (secondary N) is 1. The largest absolute Gasteiger partial charge is 0.395 e. The molecule has 0 fully saturated rings. The van der Waals surface area contributed by atoms with Crippen LogP contribution >= 0.6 is 23.2 Å². The maximum atomic E-state index is 9.07. The Kier molecular flexibility index (Phi) is 6.09. The Morgan fingerprint density at radius 2 is 2.00 bits per heavy atom. The van der Waals surface area contributed by atoms with E-state index in [9.17, 15) is 0 Å². The van der Waals surface area contributed by atoms with Gasteiger partial charge in [0.25, 0.3) is 0 Å². The molecule has 0 saturated carbocycles. The first-order valence-corrected chi connectivity index (χ1v) is 5.70. The summed E-state index contributed by atoms with van der Waals surface area (Å²) in [4.78, 5) is 0. The molecule has 1 aromatic rings.